The second kappa shape index (κ2) is 10.6. The number of nitrogens with zero attached hydrogens (tertiary/aromatic N) is 3. The second-order valence-electron chi connectivity index (χ2n) is 8.35. The molecule has 0 aliphatic carbocycles. The zero-order valence-corrected chi connectivity index (χ0v) is 20.0. The first kappa shape index (κ1) is 23.0. The van der Waals surface area contributed by atoms with Crippen LogP contribution in [0.3, 0.4) is 0 Å². The van der Waals surface area contributed by atoms with Gasteiger partial charge in [0.1, 0.15) is 5.82 Å². The average Bonchev–Trinajstić information content (AvgIpc) is 2.84. The van der Waals surface area contributed by atoms with Gasteiger partial charge in [-0.2, -0.15) is 9.97 Å². The number of thiocarbonyl (C=S) groups is 1. The molecule has 2 aromatic rings. The summed E-state index contributed by atoms with van der Waals surface area (Å²) in [6.07, 6.45) is 5.44. The monoisotopic (exact) mass is 475 g/mol. The van der Waals surface area contributed by atoms with Crippen LogP contribution in [-0.4, -0.2) is 55.0 Å². The maximum absolute atomic E-state index is 6.11. The summed E-state index contributed by atoms with van der Waals surface area (Å²) in [5.74, 6) is 1.83. The van der Waals surface area contributed by atoms with Crippen molar-refractivity contribution in [1.82, 2.24) is 15.3 Å². The van der Waals surface area contributed by atoms with Gasteiger partial charge in [-0.25, -0.2) is 0 Å². The first-order valence-corrected chi connectivity index (χ1v) is 11.9. The first-order valence-electron chi connectivity index (χ1n) is 11.1. The fourth-order valence-corrected chi connectivity index (χ4v) is 4.68. The van der Waals surface area contributed by atoms with Crippen molar-refractivity contribution in [3.63, 3.8) is 0 Å². The van der Waals surface area contributed by atoms with Crippen molar-refractivity contribution in [3.05, 3.63) is 40.9 Å². The number of ether oxygens (including phenoxy) is 2. The number of aromatic nitrogens is 2. The van der Waals surface area contributed by atoms with Gasteiger partial charge in [-0.15, -0.1) is 0 Å². The number of nitrogens with one attached hydrogen (secondary N) is 2. The number of halogens is 1. The number of benzene rings is 1. The third-order valence-electron chi connectivity index (χ3n) is 6.30. The molecule has 0 spiro atoms. The number of rotatable bonds is 6. The maximum Gasteiger partial charge on any atom is 0.234 e. The van der Waals surface area contributed by atoms with Crippen LogP contribution in [0, 0.1) is 0 Å². The Labute approximate surface area is 199 Å². The number of anilines is 2. The van der Waals surface area contributed by atoms with Gasteiger partial charge in [0.05, 0.1) is 7.11 Å². The Morgan fingerprint density at radius 2 is 1.88 bits per heavy atom. The van der Waals surface area contributed by atoms with E-state index in [0.717, 1.165) is 50.0 Å². The number of hydrogen-bond acceptors (Lipinski definition) is 6. The van der Waals surface area contributed by atoms with Crippen molar-refractivity contribution in [2.24, 2.45) is 0 Å². The predicted octanol–water partition coefficient (Wildman–Crippen LogP) is 4.16. The van der Waals surface area contributed by atoms with Crippen molar-refractivity contribution < 1.29 is 9.47 Å². The van der Waals surface area contributed by atoms with E-state index < -0.39 is 0 Å². The standard InChI is InChI=1S/C23H30ClN5O2S/c1-30-20-15-19(29-11-3-2-4-12-29)26-21(27-20)28-22(32)25-16-23(9-13-31-14-10-23)17-5-7-18(24)8-6-17/h5-8,15H,2-4,9-14,16H2,1H3,(H2,25,26,27,28,32). The van der Waals surface area contributed by atoms with Crippen molar-refractivity contribution in [2.45, 2.75) is 37.5 Å². The molecule has 0 atom stereocenters. The molecule has 9 heteroatoms. The van der Waals surface area contributed by atoms with Gasteiger partial charge in [0.2, 0.25) is 11.8 Å². The first-order chi connectivity index (χ1) is 15.6. The lowest BCUT2D eigenvalue weighted by Gasteiger charge is -2.38. The van der Waals surface area contributed by atoms with Gasteiger partial charge in [0.15, 0.2) is 5.11 Å². The summed E-state index contributed by atoms with van der Waals surface area (Å²) in [5, 5.41) is 7.77. The van der Waals surface area contributed by atoms with Gasteiger partial charge in [-0.1, -0.05) is 23.7 Å². The summed E-state index contributed by atoms with van der Waals surface area (Å²) in [6, 6.07) is 9.96. The lowest BCUT2D eigenvalue weighted by atomic mass is 9.74. The van der Waals surface area contributed by atoms with Gasteiger partial charge in [-0.05, 0) is 62.0 Å². The van der Waals surface area contributed by atoms with Gasteiger partial charge in [0.25, 0.3) is 0 Å². The normalized spacial score (nSPS) is 18.1. The molecule has 2 aliphatic rings. The number of hydrogen-bond donors (Lipinski definition) is 2. The zero-order chi connectivity index (χ0) is 22.4. The largest absolute Gasteiger partial charge is 0.481 e. The minimum atomic E-state index is -0.0667. The molecule has 2 N–H and O–H groups in total. The van der Waals surface area contributed by atoms with Crippen LogP contribution in [0.15, 0.2) is 30.3 Å². The molecule has 2 aliphatic heterocycles. The second-order valence-corrected chi connectivity index (χ2v) is 9.19. The molecule has 1 aromatic heterocycles. The van der Waals surface area contributed by atoms with Crippen LogP contribution in [0.25, 0.3) is 0 Å². The Morgan fingerprint density at radius 3 is 2.56 bits per heavy atom. The molecule has 0 amide bonds. The Kier molecular flexibility index (Phi) is 7.65. The Morgan fingerprint density at radius 1 is 1.16 bits per heavy atom. The van der Waals surface area contributed by atoms with Crippen LogP contribution < -0.4 is 20.3 Å². The lowest BCUT2D eigenvalue weighted by Crippen LogP contribution is -2.45. The minimum absolute atomic E-state index is 0.0667. The van der Waals surface area contributed by atoms with Gasteiger partial charge >= 0.3 is 0 Å². The maximum atomic E-state index is 6.11. The molecule has 0 bridgehead atoms. The molecule has 0 radical (unpaired) electrons. The summed E-state index contributed by atoms with van der Waals surface area (Å²) in [5.41, 5.74) is 1.17. The van der Waals surface area contributed by atoms with Gasteiger partial charge in [-0.3, -0.25) is 0 Å². The quantitative estimate of drug-likeness (QED) is 0.603. The van der Waals surface area contributed by atoms with E-state index in [2.05, 4.69) is 37.6 Å². The minimum Gasteiger partial charge on any atom is -0.481 e. The predicted molar refractivity (Wildman–Crippen MR) is 132 cm³/mol. The summed E-state index contributed by atoms with van der Waals surface area (Å²) < 4.78 is 11.0. The smallest absolute Gasteiger partial charge is 0.234 e. The van der Waals surface area contributed by atoms with E-state index in [1.807, 2.05) is 18.2 Å². The van der Waals surface area contributed by atoms with Crippen molar-refractivity contribution in [2.75, 3.05) is 50.2 Å². The van der Waals surface area contributed by atoms with E-state index in [0.29, 0.717) is 23.5 Å². The summed E-state index contributed by atoms with van der Waals surface area (Å²) in [7, 11) is 1.61. The molecular weight excluding hydrogens is 446 g/mol. The van der Waals surface area contributed by atoms with Crippen LogP contribution in [0.5, 0.6) is 5.88 Å². The molecule has 7 nitrogen and oxygen atoms in total. The van der Waals surface area contributed by atoms with Crippen molar-refractivity contribution in [1.29, 1.82) is 0 Å². The Bertz CT molecular complexity index is 915. The van der Waals surface area contributed by atoms with Crippen LogP contribution in [-0.2, 0) is 10.2 Å². The highest BCUT2D eigenvalue weighted by atomic mass is 35.5. The highest BCUT2D eigenvalue weighted by Crippen LogP contribution is 2.35. The fraction of sp³-hybridized carbons (Fsp3) is 0.522. The molecule has 172 valence electrons. The topological polar surface area (TPSA) is 71.5 Å². The van der Waals surface area contributed by atoms with E-state index in [4.69, 9.17) is 33.3 Å². The molecule has 0 unspecified atom stereocenters. The fourth-order valence-electron chi connectivity index (χ4n) is 4.39. The van der Waals surface area contributed by atoms with E-state index >= 15 is 0 Å². The molecular formula is C23H30ClN5O2S. The highest BCUT2D eigenvalue weighted by molar-refractivity contribution is 7.80. The molecule has 1 aromatic carbocycles. The van der Waals surface area contributed by atoms with Crippen LogP contribution >= 0.6 is 23.8 Å². The molecule has 2 fully saturated rings. The van der Waals surface area contributed by atoms with Gasteiger partial charge in [0, 0.05) is 49.4 Å². The number of piperidine rings is 1. The van der Waals surface area contributed by atoms with E-state index in [1.54, 1.807) is 7.11 Å². The average molecular weight is 476 g/mol. The van der Waals surface area contributed by atoms with Crippen LogP contribution in [0.4, 0.5) is 11.8 Å². The van der Waals surface area contributed by atoms with E-state index in [-0.39, 0.29) is 5.41 Å². The van der Waals surface area contributed by atoms with Crippen LogP contribution in [0.2, 0.25) is 5.02 Å². The SMILES string of the molecule is COc1cc(N2CCCCC2)nc(NC(=S)NCC2(c3ccc(Cl)cc3)CCOCC2)n1. The molecule has 4 rings (SSSR count). The Balaban J connectivity index is 1.45. The van der Waals surface area contributed by atoms with Crippen molar-refractivity contribution in [3.8, 4) is 5.88 Å². The third-order valence-corrected chi connectivity index (χ3v) is 6.80. The molecule has 32 heavy (non-hydrogen) atoms. The summed E-state index contributed by atoms with van der Waals surface area (Å²) in [4.78, 5) is 11.4. The third kappa shape index (κ3) is 5.60. The molecule has 2 saturated heterocycles. The Hall–Kier alpha value is -2.16. The van der Waals surface area contributed by atoms with Crippen LogP contribution in [0.1, 0.15) is 37.7 Å². The summed E-state index contributed by atoms with van der Waals surface area (Å²) in [6.45, 7) is 4.13. The molecule has 0 saturated carbocycles. The lowest BCUT2D eigenvalue weighted by molar-refractivity contribution is 0.0515. The molecule has 3 heterocycles. The highest BCUT2D eigenvalue weighted by Gasteiger charge is 2.34. The zero-order valence-electron chi connectivity index (χ0n) is 18.4. The summed E-state index contributed by atoms with van der Waals surface area (Å²) >= 11 is 11.7. The van der Waals surface area contributed by atoms with E-state index in [1.165, 1.54) is 24.8 Å². The van der Waals surface area contributed by atoms with Crippen molar-refractivity contribution >= 4 is 40.7 Å². The number of methoxy groups -OCH3 is 1. The van der Waals surface area contributed by atoms with E-state index in [9.17, 15) is 0 Å². The van der Waals surface area contributed by atoms with Gasteiger partial charge < -0.3 is 25.0 Å².